The van der Waals surface area contributed by atoms with E-state index in [9.17, 15) is 4.79 Å². The molecule has 6 nitrogen and oxygen atoms in total. The molecule has 2 rings (SSSR count). The number of para-hydroxylation sites is 1. The van der Waals surface area contributed by atoms with Crippen molar-refractivity contribution in [2.24, 2.45) is 5.10 Å². The number of benzene rings is 1. The van der Waals surface area contributed by atoms with Gasteiger partial charge in [0.25, 0.3) is 5.91 Å². The van der Waals surface area contributed by atoms with Gasteiger partial charge in [-0.25, -0.2) is 5.43 Å². The van der Waals surface area contributed by atoms with Crippen molar-refractivity contribution in [1.29, 1.82) is 0 Å². The molecule has 23 heavy (non-hydrogen) atoms. The van der Waals surface area contributed by atoms with E-state index in [-0.39, 0.29) is 11.3 Å². The third-order valence-electron chi connectivity index (χ3n) is 3.21. The molecule has 0 radical (unpaired) electrons. The molecular formula is C17H22N4O2. The molecule has 0 bridgehead atoms. The summed E-state index contributed by atoms with van der Waals surface area (Å²) in [4.78, 5) is 12.0. The van der Waals surface area contributed by atoms with E-state index < -0.39 is 0 Å². The molecule has 0 atom stereocenters. The smallest absolute Gasteiger partial charge is 0.291 e. The summed E-state index contributed by atoms with van der Waals surface area (Å²) in [7, 11) is 0. The highest BCUT2D eigenvalue weighted by Crippen LogP contribution is 2.20. The first kappa shape index (κ1) is 16.7. The first-order valence-corrected chi connectivity index (χ1v) is 7.53. The second-order valence-electron chi connectivity index (χ2n) is 6.09. The standard InChI is InChI=1S/C17H22N4O2/c1-5-23-14-9-7-6-8-12(14)11-18-21-16(22)13-10-15(20-19-13)17(2,3)4/h6-11H,5H2,1-4H3,(H,19,20)(H,21,22)/b18-11-. The summed E-state index contributed by atoms with van der Waals surface area (Å²) in [6.07, 6.45) is 1.56. The van der Waals surface area contributed by atoms with Gasteiger partial charge in [-0.3, -0.25) is 9.89 Å². The van der Waals surface area contributed by atoms with Crippen LogP contribution >= 0.6 is 0 Å². The van der Waals surface area contributed by atoms with Gasteiger partial charge in [0, 0.05) is 16.7 Å². The molecule has 1 heterocycles. The molecule has 0 saturated heterocycles. The maximum Gasteiger partial charge on any atom is 0.291 e. The maximum absolute atomic E-state index is 12.0. The SMILES string of the molecule is CCOc1ccccc1/C=N\NC(=O)c1cc(C(C)(C)C)[nH]n1. The number of hydrogen-bond donors (Lipinski definition) is 2. The maximum atomic E-state index is 12.0. The molecule has 1 amide bonds. The van der Waals surface area contributed by atoms with Crippen LogP contribution in [0, 0.1) is 0 Å². The Bertz CT molecular complexity index is 699. The molecule has 122 valence electrons. The van der Waals surface area contributed by atoms with E-state index in [1.165, 1.54) is 0 Å². The molecule has 1 aromatic heterocycles. The van der Waals surface area contributed by atoms with Crippen LogP contribution < -0.4 is 10.2 Å². The summed E-state index contributed by atoms with van der Waals surface area (Å²) in [5.41, 5.74) is 4.39. The van der Waals surface area contributed by atoms with E-state index in [4.69, 9.17) is 4.74 Å². The average Bonchev–Trinajstić information content (AvgIpc) is 2.99. The molecule has 0 saturated carbocycles. The summed E-state index contributed by atoms with van der Waals surface area (Å²) in [5.74, 6) is 0.365. The summed E-state index contributed by atoms with van der Waals surface area (Å²) in [6, 6.07) is 9.23. The van der Waals surface area contributed by atoms with E-state index in [0.717, 1.165) is 17.0 Å². The molecule has 6 heteroatoms. The molecular weight excluding hydrogens is 292 g/mol. The van der Waals surface area contributed by atoms with E-state index in [1.807, 2.05) is 52.0 Å². The number of carbonyl (C=O) groups excluding carboxylic acids is 1. The average molecular weight is 314 g/mol. The Balaban J connectivity index is 2.03. The van der Waals surface area contributed by atoms with Gasteiger partial charge in [-0.1, -0.05) is 32.9 Å². The highest BCUT2D eigenvalue weighted by Gasteiger charge is 2.19. The van der Waals surface area contributed by atoms with E-state index in [2.05, 4.69) is 20.7 Å². The Kier molecular flexibility index (Phi) is 5.16. The highest BCUT2D eigenvalue weighted by atomic mass is 16.5. The molecule has 1 aromatic carbocycles. The number of amides is 1. The molecule has 2 aromatic rings. The Hall–Kier alpha value is -2.63. The number of ether oxygens (including phenoxy) is 1. The van der Waals surface area contributed by atoms with Crippen molar-refractivity contribution in [3.63, 3.8) is 0 Å². The topological polar surface area (TPSA) is 79.4 Å². The van der Waals surface area contributed by atoms with Crippen LogP contribution in [0.25, 0.3) is 0 Å². The van der Waals surface area contributed by atoms with E-state index in [0.29, 0.717) is 12.3 Å². The van der Waals surface area contributed by atoms with Gasteiger partial charge in [-0.15, -0.1) is 0 Å². The molecule has 0 unspecified atom stereocenters. The third kappa shape index (κ3) is 4.42. The Labute approximate surface area is 135 Å². The molecule has 0 spiro atoms. The fourth-order valence-electron chi connectivity index (χ4n) is 1.91. The quantitative estimate of drug-likeness (QED) is 0.658. The third-order valence-corrected chi connectivity index (χ3v) is 3.21. The largest absolute Gasteiger partial charge is 0.493 e. The first-order chi connectivity index (χ1) is 10.9. The van der Waals surface area contributed by atoms with Crippen LogP contribution in [0.3, 0.4) is 0 Å². The van der Waals surface area contributed by atoms with Crippen LogP contribution in [0.1, 0.15) is 49.4 Å². The first-order valence-electron chi connectivity index (χ1n) is 7.53. The summed E-state index contributed by atoms with van der Waals surface area (Å²) < 4.78 is 5.50. The Morgan fingerprint density at radius 3 is 2.78 bits per heavy atom. The van der Waals surface area contributed by atoms with Crippen molar-refractivity contribution in [3.05, 3.63) is 47.3 Å². The van der Waals surface area contributed by atoms with E-state index >= 15 is 0 Å². The monoisotopic (exact) mass is 314 g/mol. The molecule has 0 aliphatic rings. The number of nitrogens with one attached hydrogen (secondary N) is 2. The van der Waals surface area contributed by atoms with Crippen molar-refractivity contribution in [2.75, 3.05) is 6.61 Å². The van der Waals surface area contributed by atoms with Gasteiger partial charge in [-0.2, -0.15) is 10.2 Å². The Morgan fingerprint density at radius 2 is 2.13 bits per heavy atom. The number of aromatic amines is 1. The summed E-state index contributed by atoms with van der Waals surface area (Å²) in [5, 5.41) is 10.9. The lowest BCUT2D eigenvalue weighted by Crippen LogP contribution is -2.18. The molecule has 0 aliphatic heterocycles. The van der Waals surface area contributed by atoms with E-state index in [1.54, 1.807) is 12.3 Å². The molecule has 0 aliphatic carbocycles. The van der Waals surface area contributed by atoms with Gasteiger partial charge < -0.3 is 4.74 Å². The van der Waals surface area contributed by atoms with Crippen molar-refractivity contribution < 1.29 is 9.53 Å². The zero-order valence-corrected chi connectivity index (χ0v) is 13.9. The van der Waals surface area contributed by atoms with Crippen molar-refractivity contribution >= 4 is 12.1 Å². The van der Waals surface area contributed by atoms with Crippen LogP contribution in [0.2, 0.25) is 0 Å². The van der Waals surface area contributed by atoms with Crippen LogP contribution in [-0.4, -0.2) is 28.9 Å². The number of rotatable bonds is 5. The van der Waals surface area contributed by atoms with Gasteiger partial charge in [0.15, 0.2) is 5.69 Å². The lowest BCUT2D eigenvalue weighted by atomic mass is 9.92. The zero-order chi connectivity index (χ0) is 16.9. The minimum atomic E-state index is -0.359. The predicted molar refractivity (Wildman–Crippen MR) is 90.0 cm³/mol. The second-order valence-corrected chi connectivity index (χ2v) is 6.09. The number of carbonyl (C=O) groups is 1. The lowest BCUT2D eigenvalue weighted by Gasteiger charge is -2.14. The molecule has 2 N–H and O–H groups in total. The summed E-state index contributed by atoms with van der Waals surface area (Å²) in [6.45, 7) is 8.63. The van der Waals surface area contributed by atoms with Gasteiger partial charge in [0.05, 0.1) is 12.8 Å². The van der Waals surface area contributed by atoms with Crippen molar-refractivity contribution in [2.45, 2.75) is 33.1 Å². The minimum absolute atomic E-state index is 0.0920. The van der Waals surface area contributed by atoms with Gasteiger partial charge in [-0.05, 0) is 25.1 Å². The lowest BCUT2D eigenvalue weighted by molar-refractivity contribution is 0.0950. The summed E-state index contributed by atoms with van der Waals surface area (Å²) >= 11 is 0. The Morgan fingerprint density at radius 1 is 1.39 bits per heavy atom. The number of hydrogen-bond acceptors (Lipinski definition) is 4. The van der Waals surface area contributed by atoms with Crippen molar-refractivity contribution in [3.8, 4) is 5.75 Å². The second kappa shape index (κ2) is 7.09. The predicted octanol–water partition coefficient (Wildman–Crippen LogP) is 2.87. The normalized spacial score (nSPS) is 11.7. The van der Waals surface area contributed by atoms with Crippen LogP contribution in [0.4, 0.5) is 0 Å². The van der Waals surface area contributed by atoms with Gasteiger partial charge in [0.1, 0.15) is 5.75 Å². The molecule has 0 fully saturated rings. The number of aromatic nitrogens is 2. The highest BCUT2D eigenvalue weighted by molar-refractivity contribution is 5.93. The van der Waals surface area contributed by atoms with Gasteiger partial charge >= 0.3 is 0 Å². The number of hydrazone groups is 1. The minimum Gasteiger partial charge on any atom is -0.493 e. The number of H-pyrrole nitrogens is 1. The van der Waals surface area contributed by atoms with Crippen LogP contribution in [0.15, 0.2) is 35.4 Å². The fraction of sp³-hybridized carbons (Fsp3) is 0.353. The van der Waals surface area contributed by atoms with Crippen LogP contribution in [-0.2, 0) is 5.41 Å². The van der Waals surface area contributed by atoms with Gasteiger partial charge in [0.2, 0.25) is 0 Å². The number of nitrogens with zero attached hydrogens (tertiary/aromatic N) is 2. The van der Waals surface area contributed by atoms with Crippen molar-refractivity contribution in [1.82, 2.24) is 15.6 Å². The zero-order valence-electron chi connectivity index (χ0n) is 13.9. The fourth-order valence-corrected chi connectivity index (χ4v) is 1.91. The van der Waals surface area contributed by atoms with Crippen LogP contribution in [0.5, 0.6) is 5.75 Å².